The molecule has 0 aliphatic rings. The van der Waals surface area contributed by atoms with Crippen molar-refractivity contribution in [3.8, 4) is 37.0 Å². The van der Waals surface area contributed by atoms with Crippen molar-refractivity contribution in [1.82, 2.24) is 0 Å². The van der Waals surface area contributed by atoms with Gasteiger partial charge >= 0.3 is 0 Å². The summed E-state index contributed by atoms with van der Waals surface area (Å²) in [5, 5.41) is 9.48. The first-order valence-corrected chi connectivity index (χ1v) is 5.39. The van der Waals surface area contributed by atoms with Crippen molar-refractivity contribution in [2.75, 3.05) is 46.2 Å². The molecule has 0 saturated carbocycles. The van der Waals surface area contributed by atoms with E-state index in [1.54, 1.807) is 0 Å². The van der Waals surface area contributed by atoms with Gasteiger partial charge < -0.3 is 19.3 Å². The molecule has 0 fully saturated rings. The van der Waals surface area contributed by atoms with Gasteiger partial charge in [-0.3, -0.25) is 0 Å². The fourth-order valence-corrected chi connectivity index (χ4v) is 1.24. The Labute approximate surface area is 109 Å². The molecule has 0 aromatic carbocycles. The summed E-state index contributed by atoms with van der Waals surface area (Å²) in [7, 11) is 0. The molecular formula is C14H18O4. The van der Waals surface area contributed by atoms with Gasteiger partial charge in [0, 0.05) is 0 Å². The highest BCUT2D eigenvalue weighted by Crippen LogP contribution is 2.18. The molecule has 0 bridgehead atoms. The smallest absolute Gasteiger partial charge is 0.107 e. The number of rotatable bonds is 10. The molecule has 0 unspecified atom stereocenters. The largest absolute Gasteiger partial charge is 0.396 e. The number of ether oxygens (including phenoxy) is 3. The molecule has 4 heteroatoms. The van der Waals surface area contributed by atoms with Crippen molar-refractivity contribution in [2.24, 2.45) is 5.41 Å². The summed E-state index contributed by atoms with van der Waals surface area (Å²) in [6, 6.07) is 0. The highest BCUT2D eigenvalue weighted by Gasteiger charge is 2.31. The monoisotopic (exact) mass is 250 g/mol. The fraction of sp³-hybridized carbons (Fsp3) is 0.571. The maximum Gasteiger partial charge on any atom is 0.107 e. The van der Waals surface area contributed by atoms with Crippen LogP contribution in [0.15, 0.2) is 0 Å². The summed E-state index contributed by atoms with van der Waals surface area (Å²) in [6.45, 7) is 0.936. The Morgan fingerprint density at radius 1 is 0.778 bits per heavy atom. The van der Waals surface area contributed by atoms with Gasteiger partial charge in [-0.1, -0.05) is 17.8 Å². The summed E-state index contributed by atoms with van der Waals surface area (Å²) >= 11 is 0. The second-order valence-electron chi connectivity index (χ2n) is 3.75. The van der Waals surface area contributed by atoms with E-state index >= 15 is 0 Å². The zero-order valence-corrected chi connectivity index (χ0v) is 10.4. The molecule has 0 rings (SSSR count). The molecule has 98 valence electrons. The molecule has 0 saturated heterocycles. The van der Waals surface area contributed by atoms with Crippen LogP contribution in [-0.4, -0.2) is 51.4 Å². The van der Waals surface area contributed by atoms with Gasteiger partial charge in [-0.2, -0.15) is 0 Å². The van der Waals surface area contributed by atoms with Gasteiger partial charge in [0.1, 0.15) is 19.8 Å². The first kappa shape index (κ1) is 16.5. The maximum absolute atomic E-state index is 9.48. The second kappa shape index (κ2) is 10.7. The molecule has 0 aliphatic heterocycles. The minimum Gasteiger partial charge on any atom is -0.396 e. The van der Waals surface area contributed by atoms with Crippen molar-refractivity contribution in [1.29, 1.82) is 0 Å². The molecular weight excluding hydrogens is 232 g/mol. The molecule has 0 spiro atoms. The lowest BCUT2D eigenvalue weighted by atomic mass is 9.92. The summed E-state index contributed by atoms with van der Waals surface area (Å²) in [4.78, 5) is 0. The predicted octanol–water partition coefficient (Wildman–Crippen LogP) is -0.0855. The van der Waals surface area contributed by atoms with E-state index in [0.29, 0.717) is 0 Å². The van der Waals surface area contributed by atoms with Crippen molar-refractivity contribution in [3.05, 3.63) is 0 Å². The highest BCUT2D eigenvalue weighted by atomic mass is 16.5. The summed E-state index contributed by atoms with van der Waals surface area (Å²) in [5.41, 5.74) is -0.704. The van der Waals surface area contributed by atoms with Crippen LogP contribution in [0, 0.1) is 42.4 Å². The molecule has 0 aliphatic carbocycles. The number of terminal acetylenes is 3. The Morgan fingerprint density at radius 2 is 1.11 bits per heavy atom. The van der Waals surface area contributed by atoms with E-state index in [1.165, 1.54) is 0 Å². The standard InChI is InChI=1S/C14H18O4/c1-4-7-16-11-14(10-15,12-17-8-5-2)13-18-9-6-3/h1-3,15H,7-13H2. The topological polar surface area (TPSA) is 47.9 Å². The first-order valence-electron chi connectivity index (χ1n) is 5.39. The lowest BCUT2D eigenvalue weighted by molar-refractivity contribution is -0.0802. The number of aliphatic hydroxyl groups is 1. The molecule has 1 N–H and O–H groups in total. The number of aliphatic hydroxyl groups excluding tert-OH is 1. The van der Waals surface area contributed by atoms with Crippen molar-refractivity contribution in [3.63, 3.8) is 0 Å². The maximum atomic E-state index is 9.48. The molecule has 4 nitrogen and oxygen atoms in total. The van der Waals surface area contributed by atoms with Crippen molar-refractivity contribution in [2.45, 2.75) is 0 Å². The summed E-state index contributed by atoms with van der Waals surface area (Å²) < 4.78 is 15.7. The normalized spacial score (nSPS) is 10.3. The molecule has 0 amide bonds. The summed E-state index contributed by atoms with van der Waals surface area (Å²) in [5.74, 6) is 7.05. The zero-order valence-electron chi connectivity index (χ0n) is 10.4. The average molecular weight is 250 g/mol. The Bertz CT molecular complexity index is 279. The van der Waals surface area contributed by atoms with Gasteiger partial charge in [0.05, 0.1) is 31.8 Å². The van der Waals surface area contributed by atoms with Crippen LogP contribution >= 0.6 is 0 Å². The van der Waals surface area contributed by atoms with E-state index in [0.717, 1.165) is 0 Å². The van der Waals surface area contributed by atoms with E-state index in [2.05, 4.69) is 17.8 Å². The predicted molar refractivity (Wildman–Crippen MR) is 68.5 cm³/mol. The van der Waals surface area contributed by atoms with Gasteiger partial charge in [-0.25, -0.2) is 0 Å². The number of hydrogen-bond donors (Lipinski definition) is 1. The Kier molecular flexibility index (Phi) is 9.78. The van der Waals surface area contributed by atoms with E-state index < -0.39 is 5.41 Å². The van der Waals surface area contributed by atoms with E-state index in [4.69, 9.17) is 33.5 Å². The van der Waals surface area contributed by atoms with Crippen molar-refractivity contribution >= 4 is 0 Å². The number of hydrogen-bond acceptors (Lipinski definition) is 4. The minimum absolute atomic E-state index is 0.159. The SMILES string of the molecule is C#CCOCC(CO)(COCC#C)COCC#C. The first-order chi connectivity index (χ1) is 8.74. The van der Waals surface area contributed by atoms with E-state index in [-0.39, 0.29) is 46.2 Å². The van der Waals surface area contributed by atoms with Crippen LogP contribution in [0.3, 0.4) is 0 Å². The van der Waals surface area contributed by atoms with Crippen LogP contribution in [-0.2, 0) is 14.2 Å². The molecule has 18 heavy (non-hydrogen) atoms. The third-order valence-electron chi connectivity index (χ3n) is 2.12. The zero-order chi connectivity index (χ0) is 13.7. The third-order valence-corrected chi connectivity index (χ3v) is 2.12. The third kappa shape index (κ3) is 6.97. The van der Waals surface area contributed by atoms with Gasteiger partial charge in [0.2, 0.25) is 0 Å². The van der Waals surface area contributed by atoms with Crippen LogP contribution in [0.1, 0.15) is 0 Å². The van der Waals surface area contributed by atoms with Crippen LogP contribution in [0.4, 0.5) is 0 Å². The fourth-order valence-electron chi connectivity index (χ4n) is 1.24. The van der Waals surface area contributed by atoms with Crippen LogP contribution in [0.5, 0.6) is 0 Å². The minimum atomic E-state index is -0.704. The molecule has 0 heterocycles. The van der Waals surface area contributed by atoms with Gasteiger partial charge in [-0.05, 0) is 0 Å². The van der Waals surface area contributed by atoms with Gasteiger partial charge in [0.25, 0.3) is 0 Å². The molecule has 0 aromatic heterocycles. The Morgan fingerprint density at radius 3 is 1.33 bits per heavy atom. The van der Waals surface area contributed by atoms with Gasteiger partial charge in [0.15, 0.2) is 0 Å². The van der Waals surface area contributed by atoms with Crippen molar-refractivity contribution < 1.29 is 19.3 Å². The quantitative estimate of drug-likeness (QED) is 0.435. The van der Waals surface area contributed by atoms with Crippen LogP contribution in [0.25, 0.3) is 0 Å². The van der Waals surface area contributed by atoms with Crippen LogP contribution < -0.4 is 0 Å². The Hall–Kier alpha value is -1.48. The van der Waals surface area contributed by atoms with E-state index in [1.807, 2.05) is 0 Å². The average Bonchev–Trinajstić information content (AvgIpc) is 2.39. The lowest BCUT2D eigenvalue weighted by Gasteiger charge is -2.30. The second-order valence-corrected chi connectivity index (χ2v) is 3.75. The van der Waals surface area contributed by atoms with E-state index in [9.17, 15) is 5.11 Å². The molecule has 0 atom stereocenters. The Balaban J connectivity index is 4.36. The van der Waals surface area contributed by atoms with Gasteiger partial charge in [-0.15, -0.1) is 19.3 Å². The summed E-state index contributed by atoms with van der Waals surface area (Å²) in [6.07, 6.45) is 15.3. The molecule has 0 aromatic rings. The molecule has 0 radical (unpaired) electrons. The lowest BCUT2D eigenvalue weighted by Crippen LogP contribution is -2.41. The van der Waals surface area contributed by atoms with Crippen LogP contribution in [0.2, 0.25) is 0 Å². The highest BCUT2D eigenvalue weighted by molar-refractivity contribution is 4.88.